The SMILES string of the molecule is Cc1cccc2cccc(N3CCc4c(nc(OC[C@@H]5CCCN5C)nc4N4CCN(C(=O)[C@@H]5CN5S(C)(=O)=O)[C@@H](CC#N)C4)C3)c12. The van der Waals surface area contributed by atoms with Crippen molar-refractivity contribution in [3.05, 3.63) is 53.2 Å². The summed E-state index contributed by atoms with van der Waals surface area (Å²) < 4.78 is 31.6. The average Bonchev–Trinajstić information content (AvgIpc) is 3.78. The van der Waals surface area contributed by atoms with E-state index in [1.165, 1.54) is 26.3 Å². The second kappa shape index (κ2) is 12.6. The summed E-state index contributed by atoms with van der Waals surface area (Å²) in [6.07, 6.45) is 4.23. The third-order valence-corrected chi connectivity index (χ3v) is 11.5. The summed E-state index contributed by atoms with van der Waals surface area (Å²) in [5.74, 6) is 0.573. The van der Waals surface area contributed by atoms with Crippen LogP contribution >= 0.6 is 0 Å². The maximum Gasteiger partial charge on any atom is 0.318 e. The normalized spacial score (nSPS) is 24.7. The highest BCUT2D eigenvalue weighted by Gasteiger charge is 2.50. The maximum absolute atomic E-state index is 13.4. The van der Waals surface area contributed by atoms with Crippen LogP contribution in [-0.4, -0.2) is 116 Å². The zero-order valence-corrected chi connectivity index (χ0v) is 28.1. The number of hydrogen-bond acceptors (Lipinski definition) is 10. The molecule has 0 N–H and O–H groups in total. The second-order valence-electron chi connectivity index (χ2n) is 13.3. The first kappa shape index (κ1) is 31.6. The predicted octanol–water partition coefficient (Wildman–Crippen LogP) is 2.55. The molecule has 2 aromatic carbocycles. The number of aryl methyl sites for hydroxylation is 1. The van der Waals surface area contributed by atoms with Gasteiger partial charge in [0.25, 0.3) is 0 Å². The number of nitriles is 1. The van der Waals surface area contributed by atoms with E-state index in [2.05, 4.69) is 71.1 Å². The Hall–Kier alpha value is -3.99. The lowest BCUT2D eigenvalue weighted by Crippen LogP contribution is -2.57. The van der Waals surface area contributed by atoms with Gasteiger partial charge in [0.2, 0.25) is 15.9 Å². The molecule has 0 radical (unpaired) electrons. The van der Waals surface area contributed by atoms with Crippen LogP contribution in [0.5, 0.6) is 6.01 Å². The molecule has 248 valence electrons. The van der Waals surface area contributed by atoms with Gasteiger partial charge in [-0.2, -0.15) is 19.5 Å². The summed E-state index contributed by atoms with van der Waals surface area (Å²) in [5.41, 5.74) is 4.42. The molecule has 3 aromatic rings. The highest BCUT2D eigenvalue weighted by atomic mass is 32.2. The maximum atomic E-state index is 13.4. The van der Waals surface area contributed by atoms with E-state index in [0.717, 1.165) is 55.7 Å². The van der Waals surface area contributed by atoms with Crippen LogP contribution < -0.4 is 14.5 Å². The van der Waals surface area contributed by atoms with Gasteiger partial charge in [0, 0.05) is 55.4 Å². The minimum atomic E-state index is -3.44. The number of carbonyl (C=O) groups is 1. The highest BCUT2D eigenvalue weighted by molar-refractivity contribution is 7.88. The van der Waals surface area contributed by atoms with Crippen LogP contribution in [0.15, 0.2) is 36.4 Å². The van der Waals surface area contributed by atoms with Crippen LogP contribution in [-0.2, 0) is 27.8 Å². The smallest absolute Gasteiger partial charge is 0.318 e. The van der Waals surface area contributed by atoms with Crippen molar-refractivity contribution in [1.82, 2.24) is 24.1 Å². The van der Waals surface area contributed by atoms with E-state index in [9.17, 15) is 18.5 Å². The number of likely N-dealkylation sites (N-methyl/N-ethyl adjacent to an activating group) is 1. The molecular formula is C34H42N8O4S. The Morgan fingerprint density at radius 2 is 1.85 bits per heavy atom. The van der Waals surface area contributed by atoms with Crippen molar-refractivity contribution in [2.75, 3.05) is 69.0 Å². The van der Waals surface area contributed by atoms with E-state index in [-0.39, 0.29) is 24.9 Å². The summed E-state index contributed by atoms with van der Waals surface area (Å²) in [6.45, 7) is 6.64. The van der Waals surface area contributed by atoms with Gasteiger partial charge in [0.05, 0.1) is 37.0 Å². The van der Waals surface area contributed by atoms with Gasteiger partial charge >= 0.3 is 6.01 Å². The number of benzene rings is 2. The fourth-order valence-corrected chi connectivity index (χ4v) is 8.51. The summed E-state index contributed by atoms with van der Waals surface area (Å²) in [6, 6.07) is 14.7. The Balaban J connectivity index is 1.18. The quantitative estimate of drug-likeness (QED) is 0.334. The minimum absolute atomic E-state index is 0.146. The fourth-order valence-electron chi connectivity index (χ4n) is 7.55. The summed E-state index contributed by atoms with van der Waals surface area (Å²) >= 11 is 0. The van der Waals surface area contributed by atoms with E-state index in [1.807, 2.05) is 0 Å². The Bertz CT molecular complexity index is 1840. The number of nitrogens with zero attached hydrogens (tertiary/aromatic N) is 8. The molecule has 4 aliphatic heterocycles. The first-order chi connectivity index (χ1) is 22.6. The Kier molecular flexibility index (Phi) is 8.44. The van der Waals surface area contributed by atoms with Gasteiger partial charge in [0.15, 0.2) is 0 Å². The van der Waals surface area contributed by atoms with Crippen molar-refractivity contribution in [1.29, 1.82) is 5.26 Å². The third-order valence-electron chi connectivity index (χ3n) is 10.2. The van der Waals surface area contributed by atoms with Gasteiger partial charge in [-0.05, 0) is 56.8 Å². The summed E-state index contributed by atoms with van der Waals surface area (Å²) in [7, 11) is -1.32. The lowest BCUT2D eigenvalue weighted by Gasteiger charge is -2.42. The third kappa shape index (κ3) is 6.22. The van der Waals surface area contributed by atoms with Crippen LogP contribution in [0.1, 0.15) is 36.1 Å². The van der Waals surface area contributed by atoms with Crippen LogP contribution in [0.3, 0.4) is 0 Å². The molecule has 3 saturated heterocycles. The predicted molar refractivity (Wildman–Crippen MR) is 180 cm³/mol. The lowest BCUT2D eigenvalue weighted by molar-refractivity contribution is -0.133. The molecule has 7 rings (SSSR count). The van der Waals surface area contributed by atoms with Crippen LogP contribution in [0.4, 0.5) is 11.5 Å². The van der Waals surface area contributed by atoms with E-state index < -0.39 is 16.1 Å². The molecule has 0 aliphatic carbocycles. The monoisotopic (exact) mass is 658 g/mol. The standard InChI is InChI=1S/C34H42N8O4S/c1-23-7-4-8-24-9-5-11-29(31(23)24)39-16-13-27-28(20-39)36-34(46-22-26-10-6-15-38(26)2)37-32(27)40-17-18-41(25(19-40)12-14-35)33(43)30-21-42(30)47(3,44)45/h4-5,7-9,11,25-26,30H,6,10,12-13,15-22H2,1-3H3/t25-,26-,30-,42?/m0/s1. The molecule has 12 nitrogen and oxygen atoms in total. The van der Waals surface area contributed by atoms with Gasteiger partial charge < -0.3 is 24.3 Å². The number of sulfonamides is 1. The van der Waals surface area contributed by atoms with E-state index >= 15 is 0 Å². The molecule has 1 aromatic heterocycles. The number of aromatic nitrogens is 2. The molecule has 47 heavy (non-hydrogen) atoms. The first-order valence-electron chi connectivity index (χ1n) is 16.5. The largest absolute Gasteiger partial charge is 0.462 e. The lowest BCUT2D eigenvalue weighted by atomic mass is 9.99. The molecular weight excluding hydrogens is 616 g/mol. The molecule has 4 atom stereocenters. The molecule has 1 amide bonds. The molecule has 3 fully saturated rings. The number of likely N-dealkylation sites (tertiary alicyclic amines) is 1. The highest BCUT2D eigenvalue weighted by Crippen LogP contribution is 2.36. The minimum Gasteiger partial charge on any atom is -0.462 e. The summed E-state index contributed by atoms with van der Waals surface area (Å²) in [4.78, 5) is 32.0. The topological polar surface area (TPSA) is 126 Å². The molecule has 0 saturated carbocycles. The zero-order chi connectivity index (χ0) is 32.9. The van der Waals surface area contributed by atoms with Gasteiger partial charge in [-0.1, -0.05) is 30.3 Å². The van der Waals surface area contributed by atoms with Crippen molar-refractivity contribution in [2.45, 2.75) is 57.3 Å². The fraction of sp³-hybridized carbons (Fsp3) is 0.529. The van der Waals surface area contributed by atoms with Gasteiger partial charge in [-0.15, -0.1) is 0 Å². The van der Waals surface area contributed by atoms with Gasteiger partial charge in [-0.3, -0.25) is 4.79 Å². The van der Waals surface area contributed by atoms with Crippen molar-refractivity contribution in [2.24, 2.45) is 0 Å². The number of piperazine rings is 1. The van der Waals surface area contributed by atoms with E-state index in [4.69, 9.17) is 14.7 Å². The number of hydrogen-bond donors (Lipinski definition) is 0. The van der Waals surface area contributed by atoms with Gasteiger partial charge in [0.1, 0.15) is 18.5 Å². The van der Waals surface area contributed by atoms with E-state index in [1.54, 1.807) is 4.90 Å². The number of carbonyl (C=O) groups excluding carboxylic acids is 1. The zero-order valence-electron chi connectivity index (χ0n) is 27.3. The molecule has 0 spiro atoms. The van der Waals surface area contributed by atoms with E-state index in [0.29, 0.717) is 44.8 Å². The first-order valence-corrected chi connectivity index (χ1v) is 18.3. The van der Waals surface area contributed by atoms with Crippen molar-refractivity contribution in [3.8, 4) is 12.1 Å². The number of fused-ring (bicyclic) bond motifs is 2. The van der Waals surface area contributed by atoms with Crippen molar-refractivity contribution in [3.63, 3.8) is 0 Å². The molecule has 0 bridgehead atoms. The molecule has 13 heteroatoms. The number of anilines is 2. The van der Waals surface area contributed by atoms with Crippen LogP contribution in [0.25, 0.3) is 10.8 Å². The molecule has 5 heterocycles. The Labute approximate surface area is 276 Å². The Morgan fingerprint density at radius 1 is 1.04 bits per heavy atom. The number of rotatable bonds is 8. The van der Waals surface area contributed by atoms with Crippen LogP contribution in [0.2, 0.25) is 0 Å². The number of ether oxygens (including phenoxy) is 1. The van der Waals surface area contributed by atoms with Crippen molar-refractivity contribution >= 4 is 38.2 Å². The van der Waals surface area contributed by atoms with Gasteiger partial charge in [-0.25, -0.2) is 8.42 Å². The van der Waals surface area contributed by atoms with Crippen LogP contribution in [0, 0.1) is 18.3 Å². The molecule has 1 unspecified atom stereocenters. The number of amides is 1. The van der Waals surface area contributed by atoms with Crippen molar-refractivity contribution < 1.29 is 17.9 Å². The summed E-state index contributed by atoms with van der Waals surface area (Å²) in [5, 5.41) is 12.2. The Morgan fingerprint density at radius 3 is 2.57 bits per heavy atom. The molecule has 4 aliphatic rings. The average molecular weight is 659 g/mol. The second-order valence-corrected chi connectivity index (χ2v) is 15.2.